The molecule has 4 aromatic heterocycles. The van der Waals surface area contributed by atoms with E-state index >= 15 is 0 Å². The van der Waals surface area contributed by atoms with Gasteiger partial charge >= 0.3 is 6.18 Å². The van der Waals surface area contributed by atoms with Crippen LogP contribution in [0.1, 0.15) is 30.0 Å². The van der Waals surface area contributed by atoms with Crippen LogP contribution >= 0.6 is 0 Å². The number of hydrogen-bond donors (Lipinski definition) is 1. The normalized spacial score (nSPS) is 13.7. The lowest BCUT2D eigenvalue weighted by molar-refractivity contribution is -0.137. The van der Waals surface area contributed by atoms with Crippen LogP contribution in [0.3, 0.4) is 0 Å². The summed E-state index contributed by atoms with van der Waals surface area (Å²) in [7, 11) is 1.77. The van der Waals surface area contributed by atoms with Crippen LogP contribution in [-0.2, 0) is 13.2 Å². The number of halogens is 4. The van der Waals surface area contributed by atoms with Gasteiger partial charge in [-0.1, -0.05) is 6.07 Å². The molecule has 0 bridgehead atoms. The highest BCUT2D eigenvalue weighted by Gasteiger charge is 2.35. The van der Waals surface area contributed by atoms with Crippen LogP contribution in [0, 0.1) is 5.82 Å². The van der Waals surface area contributed by atoms with Gasteiger partial charge in [-0.2, -0.15) is 18.3 Å². The third-order valence-electron chi connectivity index (χ3n) is 6.39. The first kappa shape index (κ1) is 23.8. The summed E-state index contributed by atoms with van der Waals surface area (Å²) in [6.45, 7) is 0. The SMILES string of the molecule is Cn1cnnc1-c1cc(F)ccc1-c1cc(C2CC2)nc(-n2cc(-c3nc(N)ccc3C(F)(F)F)cn2)c1. The second kappa shape index (κ2) is 8.75. The Morgan fingerprint density at radius 1 is 0.974 bits per heavy atom. The quantitative estimate of drug-likeness (QED) is 0.311. The van der Waals surface area contributed by atoms with Crippen LogP contribution in [0.4, 0.5) is 23.4 Å². The first-order chi connectivity index (χ1) is 18.2. The van der Waals surface area contributed by atoms with Crippen molar-refractivity contribution in [1.29, 1.82) is 0 Å². The number of benzene rings is 1. The number of anilines is 1. The molecule has 2 N–H and O–H groups in total. The maximum absolute atomic E-state index is 14.3. The molecule has 8 nitrogen and oxygen atoms in total. The topological polar surface area (TPSA) is 100 Å². The Hall–Kier alpha value is -4.61. The van der Waals surface area contributed by atoms with Crippen molar-refractivity contribution >= 4 is 5.82 Å². The monoisotopic (exact) mass is 520 g/mol. The van der Waals surface area contributed by atoms with Gasteiger partial charge in [-0.3, -0.25) is 0 Å². The first-order valence-electron chi connectivity index (χ1n) is 11.7. The minimum atomic E-state index is -4.62. The van der Waals surface area contributed by atoms with Gasteiger partial charge < -0.3 is 10.3 Å². The van der Waals surface area contributed by atoms with Crippen LogP contribution in [0.25, 0.3) is 39.6 Å². The summed E-state index contributed by atoms with van der Waals surface area (Å²) in [6, 6.07) is 10.1. The number of aryl methyl sites for hydroxylation is 1. The van der Waals surface area contributed by atoms with E-state index in [9.17, 15) is 17.6 Å². The summed E-state index contributed by atoms with van der Waals surface area (Å²) < 4.78 is 58.3. The van der Waals surface area contributed by atoms with Crippen LogP contribution in [-0.4, -0.2) is 34.5 Å². The average molecular weight is 520 g/mol. The van der Waals surface area contributed by atoms with Gasteiger partial charge in [0, 0.05) is 36.0 Å². The smallest absolute Gasteiger partial charge is 0.384 e. The molecular weight excluding hydrogens is 500 g/mol. The van der Waals surface area contributed by atoms with Gasteiger partial charge in [0.15, 0.2) is 11.6 Å². The van der Waals surface area contributed by atoms with Crippen molar-refractivity contribution in [2.24, 2.45) is 7.05 Å². The van der Waals surface area contributed by atoms with Gasteiger partial charge in [0.2, 0.25) is 0 Å². The van der Waals surface area contributed by atoms with Gasteiger partial charge in [0.1, 0.15) is 18.0 Å². The summed E-state index contributed by atoms with van der Waals surface area (Å²) >= 11 is 0. The average Bonchev–Trinajstić information content (AvgIpc) is 3.45. The predicted molar refractivity (Wildman–Crippen MR) is 131 cm³/mol. The summed E-state index contributed by atoms with van der Waals surface area (Å²) in [4.78, 5) is 8.67. The number of hydrogen-bond acceptors (Lipinski definition) is 6. The Labute approximate surface area is 213 Å². The molecule has 0 amide bonds. The van der Waals surface area contributed by atoms with E-state index in [1.807, 2.05) is 6.07 Å². The number of pyridine rings is 2. The van der Waals surface area contributed by atoms with E-state index in [1.54, 1.807) is 23.7 Å². The maximum Gasteiger partial charge on any atom is 0.418 e. The van der Waals surface area contributed by atoms with E-state index in [4.69, 9.17) is 10.7 Å². The van der Waals surface area contributed by atoms with Crippen molar-refractivity contribution in [2.75, 3.05) is 5.73 Å². The molecule has 0 spiro atoms. The Morgan fingerprint density at radius 2 is 1.79 bits per heavy atom. The minimum absolute atomic E-state index is 0.0375. The second-order valence-corrected chi connectivity index (χ2v) is 9.17. The zero-order valence-corrected chi connectivity index (χ0v) is 20.0. The van der Waals surface area contributed by atoms with Gasteiger partial charge in [0.05, 0.1) is 17.5 Å². The Morgan fingerprint density at radius 3 is 2.50 bits per heavy atom. The number of alkyl halides is 3. The molecule has 1 fully saturated rings. The fraction of sp³-hybridized carbons (Fsp3) is 0.192. The van der Waals surface area contributed by atoms with Crippen molar-refractivity contribution in [3.8, 4) is 39.6 Å². The fourth-order valence-corrected chi connectivity index (χ4v) is 4.37. The Bertz CT molecular complexity index is 1670. The van der Waals surface area contributed by atoms with Crippen LogP contribution in [0.2, 0.25) is 0 Å². The second-order valence-electron chi connectivity index (χ2n) is 9.17. The molecule has 5 aromatic rings. The van der Waals surface area contributed by atoms with Crippen LogP contribution in [0.5, 0.6) is 0 Å². The number of nitrogens with zero attached hydrogens (tertiary/aromatic N) is 7. The molecule has 1 aromatic carbocycles. The van der Waals surface area contributed by atoms with Crippen molar-refractivity contribution in [3.63, 3.8) is 0 Å². The number of rotatable bonds is 5. The van der Waals surface area contributed by atoms with Gasteiger partial charge in [-0.15, -0.1) is 10.2 Å². The lowest BCUT2D eigenvalue weighted by atomic mass is 9.98. The Kier molecular flexibility index (Phi) is 5.47. The predicted octanol–water partition coefficient (Wildman–Crippen LogP) is 5.41. The molecule has 12 heteroatoms. The molecule has 1 aliphatic carbocycles. The lowest BCUT2D eigenvalue weighted by Gasteiger charge is -2.13. The third-order valence-corrected chi connectivity index (χ3v) is 6.39. The molecule has 38 heavy (non-hydrogen) atoms. The highest BCUT2D eigenvalue weighted by atomic mass is 19.4. The van der Waals surface area contributed by atoms with E-state index in [1.165, 1.54) is 35.5 Å². The van der Waals surface area contributed by atoms with Gasteiger partial charge in [-0.05, 0) is 60.4 Å². The Balaban J connectivity index is 1.48. The fourth-order valence-electron chi connectivity index (χ4n) is 4.37. The highest BCUT2D eigenvalue weighted by molar-refractivity contribution is 5.81. The van der Waals surface area contributed by atoms with E-state index < -0.39 is 17.6 Å². The van der Waals surface area contributed by atoms with Crippen LogP contribution in [0.15, 0.2) is 61.2 Å². The van der Waals surface area contributed by atoms with Gasteiger partial charge in [0.25, 0.3) is 0 Å². The summed E-state index contributed by atoms with van der Waals surface area (Å²) in [6.07, 6.45) is 1.60. The molecule has 0 aliphatic heterocycles. The van der Waals surface area contributed by atoms with Crippen molar-refractivity contribution in [3.05, 3.63) is 78.3 Å². The molecule has 6 rings (SSSR count). The maximum atomic E-state index is 14.3. The number of nitrogen functional groups attached to an aromatic ring is 1. The zero-order chi connectivity index (χ0) is 26.6. The third kappa shape index (κ3) is 4.38. The van der Waals surface area contributed by atoms with Crippen LogP contribution < -0.4 is 5.73 Å². The minimum Gasteiger partial charge on any atom is -0.384 e. The molecule has 1 aliphatic rings. The first-order valence-corrected chi connectivity index (χ1v) is 11.7. The summed E-state index contributed by atoms with van der Waals surface area (Å²) in [5, 5.41) is 12.3. The number of nitrogens with two attached hydrogens (primary N) is 1. The molecule has 0 unspecified atom stereocenters. The van der Waals surface area contributed by atoms with E-state index in [0.717, 1.165) is 36.2 Å². The van der Waals surface area contributed by atoms with E-state index in [-0.39, 0.29) is 23.0 Å². The van der Waals surface area contributed by atoms with E-state index in [2.05, 4.69) is 20.3 Å². The summed E-state index contributed by atoms with van der Waals surface area (Å²) in [5.74, 6) is 0.690. The molecular formula is C26H20F4N8. The standard InChI is InChI=1S/C26H20F4N8/c1-37-13-32-36-25(37)19-10-17(27)4-5-18(19)15-8-21(14-2-3-14)34-23(9-15)38-12-16(11-33-38)24-20(26(28,29)30)6-7-22(31)35-24/h4-14H,2-3H2,1H3,(H2,31,35). The van der Waals surface area contributed by atoms with E-state index in [0.29, 0.717) is 22.8 Å². The largest absolute Gasteiger partial charge is 0.418 e. The molecule has 192 valence electrons. The summed E-state index contributed by atoms with van der Waals surface area (Å²) in [5.41, 5.74) is 7.42. The van der Waals surface area contributed by atoms with Crippen molar-refractivity contribution in [1.82, 2.24) is 34.5 Å². The molecule has 4 heterocycles. The zero-order valence-electron chi connectivity index (χ0n) is 20.0. The van der Waals surface area contributed by atoms with Crippen molar-refractivity contribution in [2.45, 2.75) is 24.9 Å². The number of aromatic nitrogens is 7. The molecule has 0 atom stereocenters. The lowest BCUT2D eigenvalue weighted by Crippen LogP contribution is -2.09. The molecule has 0 saturated heterocycles. The molecule has 0 radical (unpaired) electrons. The van der Waals surface area contributed by atoms with Gasteiger partial charge in [-0.25, -0.2) is 19.0 Å². The molecule has 1 saturated carbocycles. The highest BCUT2D eigenvalue weighted by Crippen LogP contribution is 2.42. The van der Waals surface area contributed by atoms with Crippen molar-refractivity contribution < 1.29 is 17.6 Å².